The summed E-state index contributed by atoms with van der Waals surface area (Å²) in [7, 11) is -3.57. The van der Waals surface area contributed by atoms with Gasteiger partial charge < -0.3 is 4.74 Å². The van der Waals surface area contributed by atoms with Crippen molar-refractivity contribution in [3.8, 4) is 0 Å². The van der Waals surface area contributed by atoms with E-state index in [1.807, 2.05) is 19.9 Å². The number of hydrogen-bond donors (Lipinski definition) is 0. The first kappa shape index (κ1) is 21.5. The largest absolute Gasteiger partial charge is 0.458 e. The zero-order valence-corrected chi connectivity index (χ0v) is 17.7. The van der Waals surface area contributed by atoms with Gasteiger partial charge in [-0.2, -0.15) is 4.31 Å². The minimum absolute atomic E-state index is 0.278. The molecule has 0 bridgehead atoms. The number of hydrogen-bond acceptors (Lipinski definition) is 4. The molecule has 0 aromatic heterocycles. The summed E-state index contributed by atoms with van der Waals surface area (Å²) in [4.78, 5) is 12.8. The van der Waals surface area contributed by atoms with Crippen LogP contribution in [-0.4, -0.2) is 31.8 Å². The van der Waals surface area contributed by atoms with Crippen LogP contribution in [0.2, 0.25) is 0 Å². The van der Waals surface area contributed by atoms with Gasteiger partial charge in [-0.1, -0.05) is 18.2 Å². The molecule has 2 aromatic rings. The van der Waals surface area contributed by atoms with E-state index in [0.29, 0.717) is 12.8 Å². The minimum atomic E-state index is -3.57. The molecule has 2 aromatic carbocycles. The summed E-state index contributed by atoms with van der Waals surface area (Å²) in [6, 6.07) is 11.0. The van der Waals surface area contributed by atoms with Crippen LogP contribution < -0.4 is 0 Å². The standard InChI is InChI=1S/C22H26FNO4S/c1-15-4-9-21(14-16(15)2)29(26,27)24-12-10-19(11-13-24)22(25)28-17(3)18-5-7-20(23)8-6-18/h4-9,14,17,19H,10-13H2,1-3H3. The molecule has 1 aliphatic heterocycles. The first-order valence-corrected chi connectivity index (χ1v) is 11.2. The van der Waals surface area contributed by atoms with Gasteiger partial charge in [-0.3, -0.25) is 4.79 Å². The predicted octanol–water partition coefficient (Wildman–Crippen LogP) is 4.15. The molecule has 0 N–H and O–H groups in total. The molecule has 1 aliphatic rings. The van der Waals surface area contributed by atoms with Crippen molar-refractivity contribution in [1.82, 2.24) is 4.31 Å². The maximum atomic E-state index is 13.0. The molecular formula is C22H26FNO4S. The second kappa shape index (κ2) is 8.63. The van der Waals surface area contributed by atoms with Crippen molar-refractivity contribution in [1.29, 1.82) is 0 Å². The highest BCUT2D eigenvalue weighted by molar-refractivity contribution is 7.89. The third-order valence-electron chi connectivity index (χ3n) is 5.54. The zero-order valence-electron chi connectivity index (χ0n) is 16.9. The lowest BCUT2D eigenvalue weighted by Gasteiger charge is -2.30. The number of aryl methyl sites for hydroxylation is 2. The van der Waals surface area contributed by atoms with Crippen LogP contribution in [0.4, 0.5) is 4.39 Å². The topological polar surface area (TPSA) is 63.7 Å². The number of nitrogens with zero attached hydrogens (tertiary/aromatic N) is 1. The molecule has 1 unspecified atom stereocenters. The van der Waals surface area contributed by atoms with E-state index >= 15 is 0 Å². The summed E-state index contributed by atoms with van der Waals surface area (Å²) < 4.78 is 45.8. The van der Waals surface area contributed by atoms with Gasteiger partial charge >= 0.3 is 5.97 Å². The monoisotopic (exact) mass is 419 g/mol. The molecule has 0 radical (unpaired) electrons. The van der Waals surface area contributed by atoms with E-state index < -0.39 is 16.1 Å². The summed E-state index contributed by atoms with van der Waals surface area (Å²) in [5.74, 6) is -1.03. The van der Waals surface area contributed by atoms with E-state index in [0.717, 1.165) is 16.7 Å². The Hall–Kier alpha value is -2.25. The van der Waals surface area contributed by atoms with Crippen LogP contribution in [0.15, 0.2) is 47.4 Å². The first-order valence-electron chi connectivity index (χ1n) is 9.72. The predicted molar refractivity (Wildman–Crippen MR) is 108 cm³/mol. The van der Waals surface area contributed by atoms with Gasteiger partial charge in [0.05, 0.1) is 10.8 Å². The molecule has 0 aliphatic carbocycles. The third kappa shape index (κ3) is 4.85. The molecule has 156 valence electrons. The highest BCUT2D eigenvalue weighted by Crippen LogP contribution is 2.27. The highest BCUT2D eigenvalue weighted by atomic mass is 32.2. The highest BCUT2D eigenvalue weighted by Gasteiger charge is 2.33. The van der Waals surface area contributed by atoms with Gasteiger partial charge in [0, 0.05) is 13.1 Å². The van der Waals surface area contributed by atoms with Gasteiger partial charge in [0.1, 0.15) is 11.9 Å². The van der Waals surface area contributed by atoms with Crippen molar-refractivity contribution in [3.63, 3.8) is 0 Å². The molecule has 0 spiro atoms. The smallest absolute Gasteiger partial charge is 0.309 e. The Labute approximate surface area is 171 Å². The molecule has 1 atom stereocenters. The lowest BCUT2D eigenvalue weighted by molar-refractivity contribution is -0.155. The number of ether oxygens (including phenoxy) is 1. The quantitative estimate of drug-likeness (QED) is 0.683. The fourth-order valence-electron chi connectivity index (χ4n) is 3.43. The van der Waals surface area contributed by atoms with Gasteiger partial charge in [-0.15, -0.1) is 0 Å². The Morgan fingerprint density at radius 1 is 1.07 bits per heavy atom. The number of carbonyl (C=O) groups excluding carboxylic acids is 1. The second-order valence-electron chi connectivity index (χ2n) is 7.56. The number of rotatable bonds is 5. The van der Waals surface area contributed by atoms with Gasteiger partial charge in [0.15, 0.2) is 0 Å². The molecule has 0 amide bonds. The Kier molecular flexibility index (Phi) is 6.39. The van der Waals surface area contributed by atoms with E-state index in [-0.39, 0.29) is 35.7 Å². The molecular weight excluding hydrogens is 393 g/mol. The average Bonchev–Trinajstić information content (AvgIpc) is 2.70. The normalized spacial score (nSPS) is 17.1. The number of benzene rings is 2. The van der Waals surface area contributed by atoms with Crippen molar-refractivity contribution in [2.45, 2.75) is 44.6 Å². The maximum absolute atomic E-state index is 13.0. The van der Waals surface area contributed by atoms with E-state index in [1.54, 1.807) is 31.2 Å². The van der Waals surface area contributed by atoms with Crippen molar-refractivity contribution >= 4 is 16.0 Å². The summed E-state index contributed by atoms with van der Waals surface area (Å²) >= 11 is 0. The number of esters is 1. The minimum Gasteiger partial charge on any atom is -0.458 e. The van der Waals surface area contributed by atoms with E-state index in [2.05, 4.69) is 0 Å². The summed E-state index contributed by atoms with van der Waals surface area (Å²) in [6.45, 7) is 6.12. The number of halogens is 1. The summed E-state index contributed by atoms with van der Waals surface area (Å²) in [5, 5.41) is 0. The molecule has 1 heterocycles. The molecule has 29 heavy (non-hydrogen) atoms. The van der Waals surface area contributed by atoms with Crippen LogP contribution >= 0.6 is 0 Å². The number of piperidine rings is 1. The lowest BCUT2D eigenvalue weighted by Crippen LogP contribution is -2.40. The third-order valence-corrected chi connectivity index (χ3v) is 7.43. The van der Waals surface area contributed by atoms with Crippen LogP contribution in [0.1, 0.15) is 42.6 Å². The molecule has 3 rings (SSSR count). The Morgan fingerprint density at radius 2 is 1.69 bits per heavy atom. The lowest BCUT2D eigenvalue weighted by atomic mass is 9.98. The second-order valence-corrected chi connectivity index (χ2v) is 9.49. The number of carbonyl (C=O) groups is 1. The molecule has 5 nitrogen and oxygen atoms in total. The number of sulfonamides is 1. The average molecular weight is 420 g/mol. The summed E-state index contributed by atoms with van der Waals surface area (Å²) in [6.07, 6.45) is 0.346. The van der Waals surface area contributed by atoms with Crippen LogP contribution in [0.5, 0.6) is 0 Å². The molecule has 7 heteroatoms. The molecule has 0 saturated carbocycles. The van der Waals surface area contributed by atoms with Crippen LogP contribution in [0.25, 0.3) is 0 Å². The van der Waals surface area contributed by atoms with Gasteiger partial charge in [0.2, 0.25) is 10.0 Å². The Bertz CT molecular complexity index is 980. The first-order chi connectivity index (χ1) is 13.7. The van der Waals surface area contributed by atoms with Crippen LogP contribution in [0, 0.1) is 25.6 Å². The van der Waals surface area contributed by atoms with Crippen molar-refractivity contribution in [2.24, 2.45) is 5.92 Å². The van der Waals surface area contributed by atoms with E-state index in [9.17, 15) is 17.6 Å². The Balaban J connectivity index is 1.60. The zero-order chi connectivity index (χ0) is 21.2. The SMILES string of the molecule is Cc1ccc(S(=O)(=O)N2CCC(C(=O)OC(C)c3ccc(F)cc3)CC2)cc1C. The van der Waals surface area contributed by atoms with Crippen molar-refractivity contribution in [2.75, 3.05) is 13.1 Å². The molecule has 1 saturated heterocycles. The summed E-state index contributed by atoms with van der Waals surface area (Å²) in [5.41, 5.74) is 2.69. The van der Waals surface area contributed by atoms with Gasteiger partial charge in [-0.05, 0) is 74.6 Å². The fraction of sp³-hybridized carbons (Fsp3) is 0.409. The van der Waals surface area contributed by atoms with Crippen molar-refractivity contribution in [3.05, 3.63) is 65.0 Å². The van der Waals surface area contributed by atoms with Crippen LogP contribution in [0.3, 0.4) is 0 Å². The van der Waals surface area contributed by atoms with Gasteiger partial charge in [-0.25, -0.2) is 12.8 Å². The van der Waals surface area contributed by atoms with Crippen LogP contribution in [-0.2, 0) is 19.6 Å². The fourth-order valence-corrected chi connectivity index (χ4v) is 4.98. The van der Waals surface area contributed by atoms with Crippen molar-refractivity contribution < 1.29 is 22.3 Å². The maximum Gasteiger partial charge on any atom is 0.309 e. The molecule has 1 fully saturated rings. The van der Waals surface area contributed by atoms with E-state index in [1.165, 1.54) is 16.4 Å². The Morgan fingerprint density at radius 3 is 2.28 bits per heavy atom. The van der Waals surface area contributed by atoms with Gasteiger partial charge in [0.25, 0.3) is 0 Å². The van der Waals surface area contributed by atoms with E-state index in [4.69, 9.17) is 4.74 Å².